The lowest BCUT2D eigenvalue weighted by atomic mass is 10.2. The Morgan fingerprint density at radius 2 is 1.68 bits per heavy atom. The van der Waals surface area contributed by atoms with Crippen LogP contribution in [0.1, 0.15) is 13.8 Å². The van der Waals surface area contributed by atoms with Crippen LogP contribution in [0.2, 0.25) is 0 Å². The molecule has 1 aromatic rings. The number of para-hydroxylation sites is 1. The number of thioether (sulfide) groups is 1. The molecule has 0 unspecified atom stereocenters. The molecule has 1 amide bonds. The Bertz CT molecular complexity index is 633. The highest BCUT2D eigenvalue weighted by atomic mass is 32.2. The van der Waals surface area contributed by atoms with E-state index in [0.717, 1.165) is 16.7 Å². The van der Waals surface area contributed by atoms with Crippen LogP contribution in [0, 0.1) is 0 Å². The van der Waals surface area contributed by atoms with Crippen LogP contribution in [0.4, 0.5) is 5.69 Å². The smallest absolute Gasteiger partial charge is 0.346 e. The first-order valence-electron chi connectivity index (χ1n) is 6.75. The first-order valence-corrected chi connectivity index (χ1v) is 7.56. The second-order valence-electron chi connectivity index (χ2n) is 4.20. The second-order valence-corrected chi connectivity index (χ2v) is 5.25. The second kappa shape index (κ2) is 7.13. The largest absolute Gasteiger partial charge is 0.462 e. The first kappa shape index (κ1) is 16.1. The molecule has 0 atom stereocenters. The lowest BCUT2D eigenvalue weighted by molar-refractivity contribution is -0.146. The molecule has 0 radical (unpaired) electrons. The molecule has 0 aliphatic carbocycles. The highest BCUT2D eigenvalue weighted by Crippen LogP contribution is 2.39. The predicted molar refractivity (Wildman–Crippen MR) is 81.2 cm³/mol. The summed E-state index contributed by atoms with van der Waals surface area (Å²) in [5, 5.41) is 2.65. The minimum atomic E-state index is -0.863. The SMILES string of the molecule is CCOC(=O)C(C(=O)OCC)=C1Sc2ccccc2NC1=O. The molecule has 0 saturated carbocycles. The standard InChI is InChI=1S/C15H15NO5S/c1-3-20-14(18)11(15(19)21-4-2)12-13(17)16-9-7-5-6-8-10(9)22-12/h5-8H,3-4H2,1-2H3,(H,16,17). The van der Waals surface area contributed by atoms with Crippen molar-refractivity contribution in [3.8, 4) is 0 Å². The van der Waals surface area contributed by atoms with Crippen molar-refractivity contribution < 1.29 is 23.9 Å². The number of rotatable bonds is 4. The Morgan fingerprint density at radius 1 is 1.09 bits per heavy atom. The minimum absolute atomic E-state index is 0.0180. The van der Waals surface area contributed by atoms with Crippen molar-refractivity contribution >= 4 is 35.3 Å². The number of hydrogen-bond acceptors (Lipinski definition) is 6. The van der Waals surface area contributed by atoms with E-state index in [4.69, 9.17) is 9.47 Å². The van der Waals surface area contributed by atoms with Gasteiger partial charge in [-0.1, -0.05) is 23.9 Å². The van der Waals surface area contributed by atoms with Gasteiger partial charge < -0.3 is 14.8 Å². The van der Waals surface area contributed by atoms with Gasteiger partial charge in [-0.15, -0.1) is 0 Å². The van der Waals surface area contributed by atoms with Crippen molar-refractivity contribution in [2.24, 2.45) is 0 Å². The molecule has 0 fully saturated rings. The fourth-order valence-corrected chi connectivity index (χ4v) is 2.84. The van der Waals surface area contributed by atoms with Crippen LogP contribution in [-0.4, -0.2) is 31.1 Å². The molecule has 1 aliphatic rings. The number of hydrogen-bond donors (Lipinski definition) is 1. The summed E-state index contributed by atoms with van der Waals surface area (Å²) in [6.07, 6.45) is 0. The van der Waals surface area contributed by atoms with Crippen molar-refractivity contribution in [2.75, 3.05) is 18.5 Å². The van der Waals surface area contributed by atoms with E-state index in [1.165, 1.54) is 0 Å². The van der Waals surface area contributed by atoms with Crippen LogP contribution in [0.15, 0.2) is 39.6 Å². The highest BCUT2D eigenvalue weighted by Gasteiger charge is 2.33. The van der Waals surface area contributed by atoms with E-state index in [1.54, 1.807) is 38.1 Å². The fourth-order valence-electron chi connectivity index (χ4n) is 1.83. The maximum absolute atomic E-state index is 12.2. The summed E-state index contributed by atoms with van der Waals surface area (Å²) in [4.78, 5) is 37.0. The molecule has 1 aliphatic heterocycles. The number of carbonyl (C=O) groups excluding carboxylic acids is 3. The quantitative estimate of drug-likeness (QED) is 0.396. The number of fused-ring (bicyclic) bond motifs is 1. The van der Waals surface area contributed by atoms with E-state index in [0.29, 0.717) is 5.69 Å². The molecule has 6 nitrogen and oxygen atoms in total. The Labute approximate surface area is 131 Å². The molecule has 7 heteroatoms. The summed E-state index contributed by atoms with van der Waals surface area (Å²) in [5.41, 5.74) is 0.258. The molecule has 1 aromatic carbocycles. The van der Waals surface area contributed by atoms with Gasteiger partial charge in [0.1, 0.15) is 0 Å². The number of anilines is 1. The van der Waals surface area contributed by atoms with Crippen molar-refractivity contribution in [3.05, 3.63) is 34.7 Å². The maximum Gasteiger partial charge on any atom is 0.346 e. The average Bonchev–Trinajstić information content (AvgIpc) is 2.48. The Balaban J connectivity index is 2.47. The van der Waals surface area contributed by atoms with Gasteiger partial charge in [0.2, 0.25) is 0 Å². The van der Waals surface area contributed by atoms with Gasteiger partial charge in [-0.2, -0.15) is 0 Å². The summed E-state index contributed by atoms with van der Waals surface area (Å²) in [6.45, 7) is 3.43. The van der Waals surface area contributed by atoms with Crippen LogP contribution in [0.5, 0.6) is 0 Å². The highest BCUT2D eigenvalue weighted by molar-refractivity contribution is 8.04. The number of benzene rings is 1. The Morgan fingerprint density at radius 3 is 2.27 bits per heavy atom. The van der Waals surface area contributed by atoms with Crippen LogP contribution in [-0.2, 0) is 23.9 Å². The third-order valence-corrected chi connectivity index (χ3v) is 3.91. The molecule has 2 rings (SSSR count). The maximum atomic E-state index is 12.2. The number of amides is 1. The lowest BCUT2D eigenvalue weighted by Crippen LogP contribution is -2.26. The lowest BCUT2D eigenvalue weighted by Gasteiger charge is -2.20. The minimum Gasteiger partial charge on any atom is -0.462 e. The van der Waals surface area contributed by atoms with Gasteiger partial charge in [0.15, 0.2) is 5.57 Å². The predicted octanol–water partition coefficient (Wildman–Crippen LogP) is 2.11. The van der Waals surface area contributed by atoms with Crippen molar-refractivity contribution in [1.29, 1.82) is 0 Å². The van der Waals surface area contributed by atoms with E-state index < -0.39 is 17.8 Å². The number of ether oxygens (including phenoxy) is 2. The average molecular weight is 321 g/mol. The normalized spacial score (nSPS) is 13.0. The van der Waals surface area contributed by atoms with Gasteiger partial charge in [-0.3, -0.25) is 4.79 Å². The molecular formula is C15H15NO5S. The number of carbonyl (C=O) groups is 3. The van der Waals surface area contributed by atoms with Crippen LogP contribution < -0.4 is 5.32 Å². The van der Waals surface area contributed by atoms with E-state index in [9.17, 15) is 14.4 Å². The molecule has 1 N–H and O–H groups in total. The van der Waals surface area contributed by atoms with Crippen molar-refractivity contribution in [3.63, 3.8) is 0 Å². The molecule has 116 valence electrons. The van der Waals surface area contributed by atoms with Gasteiger partial charge in [-0.05, 0) is 26.0 Å². The first-order chi connectivity index (χ1) is 10.6. The van der Waals surface area contributed by atoms with Crippen LogP contribution in [0.3, 0.4) is 0 Å². The van der Waals surface area contributed by atoms with Crippen molar-refractivity contribution in [1.82, 2.24) is 0 Å². The number of nitrogens with one attached hydrogen (secondary N) is 1. The summed E-state index contributed by atoms with van der Waals surface area (Å²) in [6, 6.07) is 7.11. The molecule has 0 saturated heterocycles. The van der Waals surface area contributed by atoms with Gasteiger partial charge in [0, 0.05) is 4.90 Å². The Hall–Kier alpha value is -2.28. The van der Waals surface area contributed by atoms with Gasteiger partial charge in [-0.25, -0.2) is 9.59 Å². The zero-order valence-electron chi connectivity index (χ0n) is 12.2. The topological polar surface area (TPSA) is 81.7 Å². The zero-order chi connectivity index (χ0) is 16.1. The summed E-state index contributed by atoms with van der Waals surface area (Å²) >= 11 is 1.05. The van der Waals surface area contributed by atoms with Gasteiger partial charge in [0.05, 0.1) is 23.8 Å². The van der Waals surface area contributed by atoms with E-state index >= 15 is 0 Å². The summed E-state index contributed by atoms with van der Waals surface area (Å²) in [5.74, 6) is -2.25. The molecule has 0 aromatic heterocycles. The monoisotopic (exact) mass is 321 g/mol. The van der Waals surface area contributed by atoms with Crippen LogP contribution in [0.25, 0.3) is 0 Å². The third kappa shape index (κ3) is 3.30. The molecule has 22 heavy (non-hydrogen) atoms. The summed E-state index contributed by atoms with van der Waals surface area (Å²) < 4.78 is 9.74. The molecule has 0 bridgehead atoms. The zero-order valence-corrected chi connectivity index (χ0v) is 13.0. The molecule has 0 spiro atoms. The summed E-state index contributed by atoms with van der Waals surface area (Å²) in [7, 11) is 0. The van der Waals surface area contributed by atoms with Crippen LogP contribution >= 0.6 is 11.8 Å². The third-order valence-electron chi connectivity index (χ3n) is 2.74. The molecular weight excluding hydrogens is 306 g/mol. The van der Waals surface area contributed by atoms with E-state index in [-0.39, 0.29) is 23.7 Å². The number of esters is 2. The van der Waals surface area contributed by atoms with Gasteiger partial charge >= 0.3 is 11.9 Å². The van der Waals surface area contributed by atoms with E-state index in [2.05, 4.69) is 5.32 Å². The van der Waals surface area contributed by atoms with E-state index in [1.807, 2.05) is 0 Å². The van der Waals surface area contributed by atoms with Gasteiger partial charge in [0.25, 0.3) is 5.91 Å². The van der Waals surface area contributed by atoms with Crippen molar-refractivity contribution in [2.45, 2.75) is 18.7 Å². The fraction of sp³-hybridized carbons (Fsp3) is 0.267. The molecule has 1 heterocycles. The Kier molecular flexibility index (Phi) is 5.21.